The van der Waals surface area contributed by atoms with E-state index in [1.165, 1.54) is 0 Å². The number of aryl methyl sites for hydroxylation is 2. The van der Waals surface area contributed by atoms with E-state index >= 15 is 0 Å². The molecule has 0 unspecified atom stereocenters. The van der Waals surface area contributed by atoms with Gasteiger partial charge in [-0.1, -0.05) is 17.7 Å². The molecular weight excluding hydrogens is 280 g/mol. The smallest absolute Gasteiger partial charge is 0.242 e. The van der Waals surface area contributed by atoms with Crippen molar-refractivity contribution in [1.29, 1.82) is 0 Å². The lowest BCUT2D eigenvalue weighted by molar-refractivity contribution is -0.128. The molecule has 0 saturated carbocycles. The molecule has 5 heteroatoms. The first kappa shape index (κ1) is 17.9. The lowest BCUT2D eigenvalue weighted by Gasteiger charge is -2.13. The first-order valence-electron chi connectivity index (χ1n) is 7.52. The topological polar surface area (TPSA) is 75.3 Å². The number of Topliss-reactive ketones (excluding diaryl/α,β-unsaturated/α-hetero) is 1. The number of likely N-dealkylation sites (N-methyl/N-ethyl adjacent to an activating group) is 1. The van der Waals surface area contributed by atoms with E-state index < -0.39 is 6.04 Å². The molecule has 22 heavy (non-hydrogen) atoms. The number of hydrogen-bond donors (Lipinski definition) is 2. The summed E-state index contributed by atoms with van der Waals surface area (Å²) in [5.41, 5.74) is 2.58. The van der Waals surface area contributed by atoms with E-state index in [9.17, 15) is 14.4 Å². The largest absolute Gasteiger partial charge is 0.355 e. The molecule has 1 rings (SSSR count). The Hall–Kier alpha value is -2.17. The Kier molecular flexibility index (Phi) is 6.76. The van der Waals surface area contributed by atoms with E-state index in [4.69, 9.17) is 0 Å². The van der Waals surface area contributed by atoms with Crippen LogP contribution in [-0.2, 0) is 9.59 Å². The van der Waals surface area contributed by atoms with Crippen LogP contribution in [-0.4, -0.2) is 30.2 Å². The maximum Gasteiger partial charge on any atom is 0.242 e. The Bertz CT molecular complexity index is 567. The summed E-state index contributed by atoms with van der Waals surface area (Å²) in [5, 5.41) is 5.23. The summed E-state index contributed by atoms with van der Waals surface area (Å²) in [6.45, 7) is 7.76. The lowest BCUT2D eigenvalue weighted by atomic mass is 9.99. The third-order valence-electron chi connectivity index (χ3n) is 3.39. The quantitative estimate of drug-likeness (QED) is 0.756. The predicted molar refractivity (Wildman–Crippen MR) is 85.8 cm³/mol. The van der Waals surface area contributed by atoms with Crippen molar-refractivity contribution in [3.8, 4) is 0 Å². The van der Waals surface area contributed by atoms with E-state index in [-0.39, 0.29) is 30.4 Å². The van der Waals surface area contributed by atoms with Crippen LogP contribution >= 0.6 is 0 Å². The van der Waals surface area contributed by atoms with Crippen molar-refractivity contribution in [2.75, 3.05) is 6.54 Å². The highest BCUT2D eigenvalue weighted by Gasteiger charge is 2.16. The molecule has 0 aliphatic carbocycles. The van der Waals surface area contributed by atoms with Gasteiger partial charge in [-0.05, 0) is 39.3 Å². The van der Waals surface area contributed by atoms with E-state index in [0.717, 1.165) is 11.1 Å². The fourth-order valence-corrected chi connectivity index (χ4v) is 2.10. The van der Waals surface area contributed by atoms with E-state index in [1.807, 2.05) is 39.0 Å². The van der Waals surface area contributed by atoms with Crippen LogP contribution in [0.3, 0.4) is 0 Å². The van der Waals surface area contributed by atoms with Crippen LogP contribution in [0.15, 0.2) is 18.2 Å². The van der Waals surface area contributed by atoms with E-state index in [1.54, 1.807) is 6.92 Å². The van der Waals surface area contributed by atoms with Crippen molar-refractivity contribution in [2.24, 2.45) is 0 Å². The SMILES string of the molecule is CCNC(=O)[C@H](C)NC(=O)CCC(=O)c1cc(C)ccc1C. The maximum atomic E-state index is 12.2. The van der Waals surface area contributed by atoms with Crippen molar-refractivity contribution in [3.05, 3.63) is 34.9 Å². The zero-order valence-corrected chi connectivity index (χ0v) is 13.7. The van der Waals surface area contributed by atoms with Gasteiger partial charge in [0, 0.05) is 24.9 Å². The summed E-state index contributed by atoms with van der Waals surface area (Å²) in [6.07, 6.45) is 0.216. The average molecular weight is 304 g/mol. The fourth-order valence-electron chi connectivity index (χ4n) is 2.10. The summed E-state index contributed by atoms with van der Waals surface area (Å²) >= 11 is 0. The van der Waals surface area contributed by atoms with Gasteiger partial charge in [-0.3, -0.25) is 14.4 Å². The highest BCUT2D eigenvalue weighted by Crippen LogP contribution is 2.13. The van der Waals surface area contributed by atoms with Crippen LogP contribution in [0.4, 0.5) is 0 Å². The van der Waals surface area contributed by atoms with Gasteiger partial charge in [-0.2, -0.15) is 0 Å². The molecule has 0 aliphatic rings. The third kappa shape index (κ3) is 5.31. The van der Waals surface area contributed by atoms with Crippen LogP contribution in [0.5, 0.6) is 0 Å². The number of carbonyl (C=O) groups excluding carboxylic acids is 3. The van der Waals surface area contributed by atoms with Crippen molar-refractivity contribution < 1.29 is 14.4 Å². The van der Waals surface area contributed by atoms with Gasteiger partial charge in [0.2, 0.25) is 11.8 Å². The lowest BCUT2D eigenvalue weighted by Crippen LogP contribution is -2.44. The first-order valence-corrected chi connectivity index (χ1v) is 7.52. The Labute approximate surface area is 131 Å². The molecule has 0 bridgehead atoms. The molecule has 2 N–H and O–H groups in total. The second-order valence-corrected chi connectivity index (χ2v) is 5.43. The standard InChI is InChI=1S/C17H24N2O3/c1-5-18-17(22)13(4)19-16(21)9-8-15(20)14-10-11(2)6-7-12(14)3/h6-7,10,13H,5,8-9H2,1-4H3,(H,18,22)(H,19,21)/t13-/m0/s1. The Balaban J connectivity index is 2.52. The number of hydrogen-bond acceptors (Lipinski definition) is 3. The Morgan fingerprint density at radius 3 is 2.45 bits per heavy atom. The average Bonchev–Trinajstić information content (AvgIpc) is 2.47. The Morgan fingerprint density at radius 2 is 1.82 bits per heavy atom. The second-order valence-electron chi connectivity index (χ2n) is 5.43. The van der Waals surface area contributed by atoms with Crippen LogP contribution < -0.4 is 10.6 Å². The predicted octanol–water partition coefficient (Wildman–Crippen LogP) is 1.91. The summed E-state index contributed by atoms with van der Waals surface area (Å²) in [4.78, 5) is 35.5. The molecule has 1 aromatic rings. The van der Waals surface area contributed by atoms with Gasteiger partial charge in [0.25, 0.3) is 0 Å². The molecule has 0 radical (unpaired) electrons. The molecule has 0 saturated heterocycles. The summed E-state index contributed by atoms with van der Waals surface area (Å²) in [5.74, 6) is -0.573. The Morgan fingerprint density at radius 1 is 1.14 bits per heavy atom. The molecule has 0 fully saturated rings. The number of ketones is 1. The molecule has 0 heterocycles. The normalized spacial score (nSPS) is 11.6. The van der Waals surface area contributed by atoms with Gasteiger partial charge in [0.15, 0.2) is 5.78 Å². The molecule has 1 atom stereocenters. The highest BCUT2D eigenvalue weighted by atomic mass is 16.2. The number of amides is 2. The minimum Gasteiger partial charge on any atom is -0.355 e. The van der Waals surface area contributed by atoms with Gasteiger partial charge in [0.05, 0.1) is 0 Å². The monoisotopic (exact) mass is 304 g/mol. The number of benzene rings is 1. The van der Waals surface area contributed by atoms with Crippen molar-refractivity contribution in [1.82, 2.24) is 10.6 Å². The second kappa shape index (κ2) is 8.32. The summed E-state index contributed by atoms with van der Waals surface area (Å²) < 4.78 is 0. The summed E-state index contributed by atoms with van der Waals surface area (Å²) in [6, 6.07) is 5.10. The van der Waals surface area contributed by atoms with Gasteiger partial charge in [-0.15, -0.1) is 0 Å². The van der Waals surface area contributed by atoms with Gasteiger partial charge >= 0.3 is 0 Å². The van der Waals surface area contributed by atoms with Gasteiger partial charge in [0.1, 0.15) is 6.04 Å². The van der Waals surface area contributed by atoms with Crippen molar-refractivity contribution >= 4 is 17.6 Å². The van der Waals surface area contributed by atoms with Crippen LogP contribution in [0.25, 0.3) is 0 Å². The molecule has 0 aromatic heterocycles. The van der Waals surface area contributed by atoms with Gasteiger partial charge in [-0.25, -0.2) is 0 Å². The zero-order chi connectivity index (χ0) is 16.7. The molecule has 1 aromatic carbocycles. The van der Waals surface area contributed by atoms with Crippen LogP contribution in [0.2, 0.25) is 0 Å². The minimum atomic E-state index is -0.594. The number of rotatable bonds is 7. The number of nitrogens with one attached hydrogen (secondary N) is 2. The van der Waals surface area contributed by atoms with E-state index in [2.05, 4.69) is 10.6 Å². The van der Waals surface area contributed by atoms with E-state index in [0.29, 0.717) is 12.1 Å². The molecule has 2 amide bonds. The van der Waals surface area contributed by atoms with Crippen LogP contribution in [0.1, 0.15) is 48.2 Å². The van der Waals surface area contributed by atoms with Crippen molar-refractivity contribution in [3.63, 3.8) is 0 Å². The number of carbonyl (C=O) groups is 3. The molecular formula is C17H24N2O3. The van der Waals surface area contributed by atoms with Crippen LogP contribution in [0, 0.1) is 13.8 Å². The molecule has 0 aliphatic heterocycles. The minimum absolute atomic E-state index is 0.0537. The molecule has 0 spiro atoms. The highest BCUT2D eigenvalue weighted by molar-refractivity contribution is 5.99. The fraction of sp³-hybridized carbons (Fsp3) is 0.471. The summed E-state index contributed by atoms with van der Waals surface area (Å²) in [7, 11) is 0. The van der Waals surface area contributed by atoms with Gasteiger partial charge < -0.3 is 10.6 Å². The molecule has 120 valence electrons. The van der Waals surface area contributed by atoms with Crippen molar-refractivity contribution in [2.45, 2.75) is 46.6 Å². The third-order valence-corrected chi connectivity index (χ3v) is 3.39. The zero-order valence-electron chi connectivity index (χ0n) is 13.7. The first-order chi connectivity index (χ1) is 10.3. The molecule has 5 nitrogen and oxygen atoms in total. The maximum absolute atomic E-state index is 12.2.